The molecule has 0 amide bonds. The average Bonchev–Trinajstić information content (AvgIpc) is 3.87. The number of benzene rings is 7. The zero-order valence-corrected chi connectivity index (χ0v) is 28.9. The molecule has 11 rings (SSSR count). The van der Waals surface area contributed by atoms with Crippen LogP contribution in [0.1, 0.15) is 0 Å². The van der Waals surface area contributed by atoms with Crippen LogP contribution in [0.3, 0.4) is 0 Å². The highest BCUT2D eigenvalue weighted by molar-refractivity contribution is 7.30. The molecular weight excluding hydrogens is 659 g/mol. The van der Waals surface area contributed by atoms with Gasteiger partial charge in [0.15, 0.2) is 5.82 Å². The van der Waals surface area contributed by atoms with Gasteiger partial charge in [-0.05, 0) is 42.5 Å². The van der Waals surface area contributed by atoms with Crippen molar-refractivity contribution >= 4 is 84.8 Å². The van der Waals surface area contributed by atoms with Gasteiger partial charge in [-0.1, -0.05) is 121 Å². The molecule has 0 aliphatic heterocycles. The van der Waals surface area contributed by atoms with Crippen LogP contribution in [0.4, 0.5) is 0 Å². The van der Waals surface area contributed by atoms with Crippen molar-refractivity contribution in [1.82, 2.24) is 14.5 Å². The smallest absolute Gasteiger partial charge is 0.161 e. The van der Waals surface area contributed by atoms with Crippen molar-refractivity contribution in [1.29, 1.82) is 0 Å². The Hall–Kier alpha value is -6.14. The third-order valence-electron chi connectivity index (χ3n) is 10.0. The maximum Gasteiger partial charge on any atom is 0.161 e. The lowest BCUT2D eigenvalue weighted by atomic mass is 10.0. The first-order chi connectivity index (χ1) is 25.3. The van der Waals surface area contributed by atoms with E-state index in [-0.39, 0.29) is 0 Å². The highest BCUT2D eigenvalue weighted by Gasteiger charge is 2.21. The molecule has 0 radical (unpaired) electrons. The molecule has 0 fully saturated rings. The van der Waals surface area contributed by atoms with Gasteiger partial charge in [-0.15, -0.1) is 22.7 Å². The Bertz CT molecular complexity index is 3020. The zero-order chi connectivity index (χ0) is 33.5. The second-order valence-corrected chi connectivity index (χ2v) is 15.1. The standard InChI is InChI=1S/C46H27N3S2/c1-3-13-28(14-4-1)37-27-38(29-15-5-2-6-16-29)48-46(47-37)36-26-30(49-39-20-10-7-17-31(39)32-18-8-11-21-40(32)49)25-35-43-42(51-44(35)36)24-23-34-33-19-9-12-22-41(33)50-45(34)43/h1-27H. The Morgan fingerprint density at radius 1 is 0.412 bits per heavy atom. The number of thiophene rings is 2. The summed E-state index contributed by atoms with van der Waals surface area (Å²) in [4.78, 5) is 10.7. The van der Waals surface area contributed by atoms with Crippen LogP contribution >= 0.6 is 22.7 Å². The molecule has 0 saturated heterocycles. The fourth-order valence-corrected chi connectivity index (χ4v) is 10.2. The third-order valence-corrected chi connectivity index (χ3v) is 12.4. The average molecular weight is 686 g/mol. The van der Waals surface area contributed by atoms with E-state index < -0.39 is 0 Å². The summed E-state index contributed by atoms with van der Waals surface area (Å²) >= 11 is 3.73. The van der Waals surface area contributed by atoms with E-state index in [2.05, 4.69) is 156 Å². The van der Waals surface area contributed by atoms with E-state index in [0.29, 0.717) is 0 Å². The molecule has 0 saturated carbocycles. The predicted molar refractivity (Wildman–Crippen MR) is 218 cm³/mol. The van der Waals surface area contributed by atoms with Gasteiger partial charge >= 0.3 is 0 Å². The Kier molecular flexibility index (Phi) is 6.29. The van der Waals surface area contributed by atoms with Crippen LogP contribution in [-0.2, 0) is 0 Å². The van der Waals surface area contributed by atoms with E-state index >= 15 is 0 Å². The van der Waals surface area contributed by atoms with Crippen LogP contribution < -0.4 is 0 Å². The monoisotopic (exact) mass is 685 g/mol. The van der Waals surface area contributed by atoms with Crippen molar-refractivity contribution in [3.8, 4) is 39.6 Å². The Labute approximate surface area is 301 Å². The predicted octanol–water partition coefficient (Wildman–Crippen LogP) is 13.3. The zero-order valence-electron chi connectivity index (χ0n) is 27.2. The molecule has 238 valence electrons. The molecule has 0 aliphatic carbocycles. The van der Waals surface area contributed by atoms with E-state index in [0.717, 1.165) is 39.6 Å². The van der Waals surface area contributed by atoms with Crippen molar-refractivity contribution in [2.45, 2.75) is 0 Å². The lowest BCUT2D eigenvalue weighted by Crippen LogP contribution is -1.99. The summed E-state index contributed by atoms with van der Waals surface area (Å²) in [6.07, 6.45) is 0. The topological polar surface area (TPSA) is 30.7 Å². The molecule has 0 unspecified atom stereocenters. The molecule has 51 heavy (non-hydrogen) atoms. The van der Waals surface area contributed by atoms with E-state index in [1.165, 1.54) is 62.2 Å². The molecule has 0 aliphatic rings. The molecule has 0 spiro atoms. The van der Waals surface area contributed by atoms with Crippen LogP contribution in [0.25, 0.3) is 102 Å². The van der Waals surface area contributed by atoms with Gasteiger partial charge in [0.25, 0.3) is 0 Å². The number of hydrogen-bond acceptors (Lipinski definition) is 4. The van der Waals surface area contributed by atoms with Gasteiger partial charge in [0.2, 0.25) is 0 Å². The summed E-state index contributed by atoms with van der Waals surface area (Å²) < 4.78 is 7.52. The largest absolute Gasteiger partial charge is 0.309 e. The SMILES string of the molecule is c1ccc(-c2cc(-c3ccccc3)nc(-c3cc(-n4c5ccccc5c5ccccc54)cc4c3sc3ccc5c6ccccc6sc5c34)n2)cc1. The quantitative estimate of drug-likeness (QED) is 0.185. The minimum Gasteiger partial charge on any atom is -0.309 e. The maximum atomic E-state index is 5.35. The highest BCUT2D eigenvalue weighted by Crippen LogP contribution is 2.48. The van der Waals surface area contributed by atoms with Crippen molar-refractivity contribution < 1.29 is 0 Å². The van der Waals surface area contributed by atoms with Gasteiger partial charge in [-0.3, -0.25) is 0 Å². The number of rotatable bonds is 4. The van der Waals surface area contributed by atoms with E-state index in [1.807, 2.05) is 34.8 Å². The van der Waals surface area contributed by atoms with Gasteiger partial charge in [0, 0.05) is 73.5 Å². The minimum atomic E-state index is 0.724. The molecule has 4 aromatic heterocycles. The summed E-state index contributed by atoms with van der Waals surface area (Å²) in [7, 11) is 0. The second-order valence-electron chi connectivity index (χ2n) is 12.9. The summed E-state index contributed by atoms with van der Waals surface area (Å²) in [5.41, 5.74) is 8.44. The fraction of sp³-hybridized carbons (Fsp3) is 0. The van der Waals surface area contributed by atoms with Gasteiger partial charge in [0.05, 0.1) is 22.4 Å². The molecule has 3 nitrogen and oxygen atoms in total. The molecule has 0 N–H and O–H groups in total. The van der Waals surface area contributed by atoms with Crippen molar-refractivity contribution in [3.05, 3.63) is 164 Å². The van der Waals surface area contributed by atoms with E-state index in [9.17, 15) is 0 Å². The maximum absolute atomic E-state index is 5.35. The summed E-state index contributed by atoms with van der Waals surface area (Å²) in [6, 6.07) is 58.6. The Morgan fingerprint density at radius 3 is 1.65 bits per heavy atom. The van der Waals surface area contributed by atoms with Gasteiger partial charge in [-0.25, -0.2) is 9.97 Å². The number of hydrogen-bond donors (Lipinski definition) is 0. The third kappa shape index (κ3) is 4.42. The van der Waals surface area contributed by atoms with Gasteiger partial charge in [-0.2, -0.15) is 0 Å². The molecule has 7 aromatic carbocycles. The Balaban J connectivity index is 1.29. The highest BCUT2D eigenvalue weighted by atomic mass is 32.1. The second kappa shape index (κ2) is 11.2. The van der Waals surface area contributed by atoms with Crippen LogP contribution in [-0.4, -0.2) is 14.5 Å². The molecule has 0 bridgehead atoms. The lowest BCUT2D eigenvalue weighted by Gasteiger charge is -2.13. The van der Waals surface area contributed by atoms with Crippen LogP contribution in [0.2, 0.25) is 0 Å². The minimum absolute atomic E-state index is 0.724. The molecular formula is C46H27N3S2. The van der Waals surface area contributed by atoms with E-state index in [1.54, 1.807) is 0 Å². The summed E-state index contributed by atoms with van der Waals surface area (Å²) in [5, 5.41) is 7.64. The van der Waals surface area contributed by atoms with Crippen LogP contribution in [0, 0.1) is 0 Å². The van der Waals surface area contributed by atoms with Crippen LogP contribution in [0.5, 0.6) is 0 Å². The fourth-order valence-electron chi connectivity index (χ4n) is 7.71. The molecule has 11 aromatic rings. The number of aromatic nitrogens is 3. The van der Waals surface area contributed by atoms with Crippen molar-refractivity contribution in [3.63, 3.8) is 0 Å². The van der Waals surface area contributed by atoms with Crippen molar-refractivity contribution in [2.75, 3.05) is 0 Å². The van der Waals surface area contributed by atoms with E-state index in [4.69, 9.17) is 9.97 Å². The summed E-state index contributed by atoms with van der Waals surface area (Å²) in [6.45, 7) is 0. The first-order valence-corrected chi connectivity index (χ1v) is 18.7. The Morgan fingerprint density at radius 2 is 0.980 bits per heavy atom. The normalized spacial score (nSPS) is 11.9. The molecule has 5 heteroatoms. The van der Waals surface area contributed by atoms with Crippen LogP contribution in [0.15, 0.2) is 164 Å². The molecule has 0 atom stereocenters. The molecule has 4 heterocycles. The van der Waals surface area contributed by atoms with Gasteiger partial charge < -0.3 is 4.57 Å². The lowest BCUT2D eigenvalue weighted by molar-refractivity contribution is 1.17. The van der Waals surface area contributed by atoms with Gasteiger partial charge in [0.1, 0.15) is 0 Å². The number of nitrogens with zero attached hydrogens (tertiary/aromatic N) is 3. The first-order valence-electron chi connectivity index (χ1n) is 17.1. The first kappa shape index (κ1) is 28.7. The van der Waals surface area contributed by atoms with Crippen molar-refractivity contribution in [2.24, 2.45) is 0 Å². The number of para-hydroxylation sites is 2. The summed E-state index contributed by atoms with van der Waals surface area (Å²) in [5.74, 6) is 0.724. The number of fused-ring (bicyclic) bond motifs is 10.